The second-order valence-electron chi connectivity index (χ2n) is 3.75. The molecule has 1 aromatic carbocycles. The molecule has 0 amide bonds. The maximum absolute atomic E-state index is 11.5. The van der Waals surface area contributed by atoms with Gasteiger partial charge in [-0.05, 0) is 18.6 Å². The van der Waals surface area contributed by atoms with Crippen LogP contribution in [0.2, 0.25) is 0 Å². The van der Waals surface area contributed by atoms with E-state index in [0.29, 0.717) is 5.56 Å². The largest absolute Gasteiger partial charge is 0.449 e. The first-order valence-electron chi connectivity index (χ1n) is 6.02. The SMILES string of the molecule is CCCCCC#CCOC(=O)c1ccccc1. The number of ether oxygens (including phenoxy) is 1. The molecule has 0 bridgehead atoms. The first-order chi connectivity index (χ1) is 8.34. The smallest absolute Gasteiger partial charge is 0.339 e. The molecular weight excluding hydrogens is 212 g/mol. The van der Waals surface area contributed by atoms with Crippen LogP contribution in [0.1, 0.15) is 43.0 Å². The molecule has 2 nitrogen and oxygen atoms in total. The molecule has 0 unspecified atom stereocenters. The monoisotopic (exact) mass is 230 g/mol. The third kappa shape index (κ3) is 5.77. The fraction of sp³-hybridized carbons (Fsp3) is 0.400. The molecule has 0 heterocycles. The predicted octanol–water partition coefficient (Wildman–Crippen LogP) is 3.43. The van der Waals surface area contributed by atoms with Gasteiger partial charge in [0.15, 0.2) is 6.61 Å². The summed E-state index contributed by atoms with van der Waals surface area (Å²) in [5, 5.41) is 0. The lowest BCUT2D eigenvalue weighted by atomic mass is 10.2. The van der Waals surface area contributed by atoms with Crippen LogP contribution < -0.4 is 0 Å². The molecular formula is C15H18O2. The Morgan fingerprint density at radius 3 is 2.65 bits per heavy atom. The Morgan fingerprint density at radius 1 is 1.18 bits per heavy atom. The van der Waals surface area contributed by atoms with Gasteiger partial charge >= 0.3 is 5.97 Å². The minimum absolute atomic E-state index is 0.180. The summed E-state index contributed by atoms with van der Waals surface area (Å²) in [4.78, 5) is 11.5. The van der Waals surface area contributed by atoms with Crippen LogP contribution in [0.4, 0.5) is 0 Å². The molecule has 0 aromatic heterocycles. The summed E-state index contributed by atoms with van der Waals surface area (Å²) in [6.45, 7) is 2.34. The molecule has 0 atom stereocenters. The first kappa shape index (κ1) is 13.3. The molecule has 0 N–H and O–H groups in total. The van der Waals surface area contributed by atoms with E-state index in [1.165, 1.54) is 12.8 Å². The molecule has 90 valence electrons. The Labute approximate surface area is 103 Å². The predicted molar refractivity (Wildman–Crippen MR) is 68.6 cm³/mol. The van der Waals surface area contributed by atoms with E-state index in [0.717, 1.165) is 12.8 Å². The number of esters is 1. The van der Waals surface area contributed by atoms with E-state index in [4.69, 9.17) is 4.74 Å². The van der Waals surface area contributed by atoms with Crippen LogP contribution in [0.5, 0.6) is 0 Å². The van der Waals surface area contributed by atoms with Crippen molar-refractivity contribution >= 4 is 5.97 Å². The fourth-order valence-electron chi connectivity index (χ4n) is 1.36. The molecule has 0 aliphatic carbocycles. The first-order valence-corrected chi connectivity index (χ1v) is 6.02. The van der Waals surface area contributed by atoms with Gasteiger partial charge in [0.1, 0.15) is 0 Å². The van der Waals surface area contributed by atoms with Gasteiger partial charge in [-0.2, -0.15) is 0 Å². The zero-order valence-electron chi connectivity index (χ0n) is 10.2. The van der Waals surface area contributed by atoms with Crippen molar-refractivity contribution in [2.75, 3.05) is 6.61 Å². The highest BCUT2D eigenvalue weighted by Gasteiger charge is 2.03. The topological polar surface area (TPSA) is 26.3 Å². The van der Waals surface area contributed by atoms with Crippen molar-refractivity contribution in [1.82, 2.24) is 0 Å². The van der Waals surface area contributed by atoms with E-state index < -0.39 is 0 Å². The van der Waals surface area contributed by atoms with Crippen molar-refractivity contribution < 1.29 is 9.53 Å². The van der Waals surface area contributed by atoms with Crippen LogP contribution in [0.3, 0.4) is 0 Å². The van der Waals surface area contributed by atoms with Crippen LogP contribution in [0.25, 0.3) is 0 Å². The van der Waals surface area contributed by atoms with Crippen LogP contribution >= 0.6 is 0 Å². The van der Waals surface area contributed by atoms with Gasteiger partial charge in [-0.1, -0.05) is 49.8 Å². The molecule has 0 aliphatic rings. The maximum Gasteiger partial charge on any atom is 0.339 e. The van der Waals surface area contributed by atoms with Gasteiger partial charge in [0.25, 0.3) is 0 Å². The summed E-state index contributed by atoms with van der Waals surface area (Å²) in [7, 11) is 0. The van der Waals surface area contributed by atoms with Gasteiger partial charge in [-0.25, -0.2) is 4.79 Å². The van der Waals surface area contributed by atoms with Crippen molar-refractivity contribution in [2.45, 2.75) is 32.6 Å². The van der Waals surface area contributed by atoms with Gasteiger partial charge in [-0.3, -0.25) is 0 Å². The Morgan fingerprint density at radius 2 is 1.94 bits per heavy atom. The summed E-state index contributed by atoms with van der Waals surface area (Å²) < 4.78 is 5.02. The quantitative estimate of drug-likeness (QED) is 0.440. The van der Waals surface area contributed by atoms with Crippen LogP contribution in [-0.4, -0.2) is 12.6 Å². The molecule has 17 heavy (non-hydrogen) atoms. The zero-order valence-corrected chi connectivity index (χ0v) is 10.2. The molecule has 1 aromatic rings. The number of benzene rings is 1. The van der Waals surface area contributed by atoms with Crippen LogP contribution in [0, 0.1) is 11.8 Å². The van der Waals surface area contributed by atoms with E-state index >= 15 is 0 Å². The van der Waals surface area contributed by atoms with Crippen LogP contribution in [0.15, 0.2) is 30.3 Å². The van der Waals surface area contributed by atoms with Gasteiger partial charge in [0.2, 0.25) is 0 Å². The van der Waals surface area contributed by atoms with E-state index in [9.17, 15) is 4.79 Å². The Hall–Kier alpha value is -1.75. The summed E-state index contributed by atoms with van der Waals surface area (Å²) in [6.07, 6.45) is 4.41. The minimum atomic E-state index is -0.312. The minimum Gasteiger partial charge on any atom is -0.449 e. The molecule has 0 aliphatic heterocycles. The molecule has 0 saturated carbocycles. The highest BCUT2D eigenvalue weighted by atomic mass is 16.5. The van der Waals surface area contributed by atoms with E-state index in [1.54, 1.807) is 12.1 Å². The average Bonchev–Trinajstić information content (AvgIpc) is 2.38. The highest BCUT2D eigenvalue weighted by molar-refractivity contribution is 5.89. The Balaban J connectivity index is 2.21. The number of unbranched alkanes of at least 4 members (excludes halogenated alkanes) is 3. The summed E-state index contributed by atoms with van der Waals surface area (Å²) in [5.74, 6) is 5.54. The highest BCUT2D eigenvalue weighted by Crippen LogP contribution is 2.00. The summed E-state index contributed by atoms with van der Waals surface area (Å²) in [5.41, 5.74) is 0.570. The summed E-state index contributed by atoms with van der Waals surface area (Å²) >= 11 is 0. The van der Waals surface area contributed by atoms with E-state index in [1.807, 2.05) is 18.2 Å². The zero-order chi connectivity index (χ0) is 12.3. The number of hydrogen-bond donors (Lipinski definition) is 0. The summed E-state index contributed by atoms with van der Waals surface area (Å²) in [6, 6.07) is 8.96. The molecule has 2 heteroatoms. The third-order valence-corrected chi connectivity index (χ3v) is 2.32. The molecule has 1 rings (SSSR count). The normalized spacial score (nSPS) is 9.24. The number of carbonyl (C=O) groups is 1. The van der Waals surface area contributed by atoms with Crippen molar-refractivity contribution in [3.05, 3.63) is 35.9 Å². The lowest BCUT2D eigenvalue weighted by molar-refractivity contribution is 0.0556. The lowest BCUT2D eigenvalue weighted by Crippen LogP contribution is -2.04. The molecule has 0 spiro atoms. The van der Waals surface area contributed by atoms with Crippen molar-refractivity contribution in [3.63, 3.8) is 0 Å². The van der Waals surface area contributed by atoms with Gasteiger partial charge < -0.3 is 4.74 Å². The lowest BCUT2D eigenvalue weighted by Gasteiger charge is -1.99. The van der Waals surface area contributed by atoms with Gasteiger partial charge in [-0.15, -0.1) is 0 Å². The maximum atomic E-state index is 11.5. The van der Waals surface area contributed by atoms with E-state index in [-0.39, 0.29) is 12.6 Å². The number of carbonyl (C=O) groups excluding carboxylic acids is 1. The fourth-order valence-corrected chi connectivity index (χ4v) is 1.36. The number of hydrogen-bond acceptors (Lipinski definition) is 2. The Kier molecular flexibility index (Phi) is 6.59. The van der Waals surface area contributed by atoms with E-state index in [2.05, 4.69) is 18.8 Å². The molecule has 0 radical (unpaired) electrons. The van der Waals surface area contributed by atoms with Gasteiger partial charge in [0.05, 0.1) is 5.56 Å². The molecule has 0 saturated heterocycles. The average molecular weight is 230 g/mol. The Bertz CT molecular complexity index is 384. The van der Waals surface area contributed by atoms with Gasteiger partial charge in [0, 0.05) is 6.42 Å². The van der Waals surface area contributed by atoms with Crippen molar-refractivity contribution in [1.29, 1.82) is 0 Å². The second-order valence-corrected chi connectivity index (χ2v) is 3.75. The van der Waals surface area contributed by atoms with Crippen LogP contribution in [-0.2, 0) is 4.74 Å². The molecule has 0 fully saturated rings. The van der Waals surface area contributed by atoms with Crippen molar-refractivity contribution in [3.8, 4) is 11.8 Å². The third-order valence-electron chi connectivity index (χ3n) is 2.32. The number of rotatable bonds is 5. The second kappa shape index (κ2) is 8.41. The van der Waals surface area contributed by atoms with Crippen molar-refractivity contribution in [2.24, 2.45) is 0 Å². The standard InChI is InChI=1S/C15H18O2/c1-2-3-4-5-6-10-13-17-15(16)14-11-8-7-9-12-14/h7-9,11-12H,2-5,13H2,1H3.